The molecule has 0 aliphatic carbocycles. The maximum Gasteiger partial charge on any atom is 0.229 e. The first-order valence-corrected chi connectivity index (χ1v) is 5.05. The molecule has 0 aliphatic heterocycles. The highest BCUT2D eigenvalue weighted by Crippen LogP contribution is 2.25. The molecule has 0 saturated carbocycles. The van der Waals surface area contributed by atoms with Gasteiger partial charge in [0.2, 0.25) is 5.88 Å². The van der Waals surface area contributed by atoms with Gasteiger partial charge in [0, 0.05) is 12.3 Å². The third-order valence-corrected chi connectivity index (χ3v) is 2.18. The first kappa shape index (κ1) is 11.1. The number of aromatic nitrogens is 1. The Morgan fingerprint density at radius 1 is 1.18 bits per heavy atom. The topological polar surface area (TPSA) is 48.4 Å². The second-order valence-electron chi connectivity index (χ2n) is 3.30. The highest BCUT2D eigenvalue weighted by Gasteiger charge is 2.05. The summed E-state index contributed by atoms with van der Waals surface area (Å²) in [6, 6.07) is 10.4. The highest BCUT2D eigenvalue weighted by molar-refractivity contribution is 5.78. The van der Waals surface area contributed by atoms with Crippen LogP contribution in [0.5, 0.6) is 17.4 Å². The summed E-state index contributed by atoms with van der Waals surface area (Å²) in [5.74, 6) is 1.55. The van der Waals surface area contributed by atoms with Gasteiger partial charge < -0.3 is 9.47 Å². The molecule has 0 N–H and O–H groups in total. The molecule has 1 aromatic carbocycles. The smallest absolute Gasteiger partial charge is 0.229 e. The average Bonchev–Trinajstić information content (AvgIpc) is 2.39. The Morgan fingerprint density at radius 2 is 2.00 bits per heavy atom. The lowest BCUT2D eigenvalue weighted by Crippen LogP contribution is -1.93. The maximum atomic E-state index is 10.8. The summed E-state index contributed by atoms with van der Waals surface area (Å²) in [5, 5.41) is 0. The lowest BCUT2D eigenvalue weighted by atomic mass is 10.3. The first-order valence-electron chi connectivity index (χ1n) is 5.05. The lowest BCUT2D eigenvalue weighted by Gasteiger charge is -2.07. The molecule has 17 heavy (non-hydrogen) atoms. The minimum absolute atomic E-state index is 0.288. The van der Waals surface area contributed by atoms with E-state index in [-0.39, 0.29) is 5.88 Å². The molecular formula is C13H11NO3. The van der Waals surface area contributed by atoms with Crippen LogP contribution < -0.4 is 9.47 Å². The summed E-state index contributed by atoms with van der Waals surface area (Å²) < 4.78 is 10.6. The lowest BCUT2D eigenvalue weighted by molar-refractivity contribution is 0.112. The Labute approximate surface area is 98.8 Å². The summed E-state index contributed by atoms with van der Waals surface area (Å²) in [7, 11) is 1.58. The molecule has 1 heterocycles. The molecule has 0 aliphatic rings. The molecule has 86 valence electrons. The molecule has 0 fully saturated rings. The zero-order valence-corrected chi connectivity index (χ0v) is 9.29. The number of aldehydes is 1. The molecule has 0 radical (unpaired) electrons. The second kappa shape index (κ2) is 5.12. The number of rotatable bonds is 4. The molecule has 4 heteroatoms. The van der Waals surface area contributed by atoms with Gasteiger partial charge in [0.25, 0.3) is 0 Å². The standard InChI is InChI=1S/C13H11NO3/c1-16-11-5-2-6-12(8-11)17-13-10(9-15)4-3-7-14-13/h2-9H,1H3. The number of methoxy groups -OCH3 is 1. The quantitative estimate of drug-likeness (QED) is 0.756. The van der Waals surface area contributed by atoms with Gasteiger partial charge in [-0.2, -0.15) is 0 Å². The van der Waals surface area contributed by atoms with E-state index in [2.05, 4.69) is 4.98 Å². The van der Waals surface area contributed by atoms with E-state index in [4.69, 9.17) is 9.47 Å². The molecule has 0 spiro atoms. The highest BCUT2D eigenvalue weighted by atomic mass is 16.5. The molecular weight excluding hydrogens is 218 g/mol. The van der Waals surface area contributed by atoms with E-state index in [1.165, 1.54) is 0 Å². The molecule has 0 bridgehead atoms. The van der Waals surface area contributed by atoms with Crippen LogP contribution in [0.1, 0.15) is 10.4 Å². The fourth-order valence-corrected chi connectivity index (χ4v) is 1.35. The largest absolute Gasteiger partial charge is 0.497 e. The second-order valence-corrected chi connectivity index (χ2v) is 3.30. The van der Waals surface area contributed by atoms with Crippen molar-refractivity contribution in [2.45, 2.75) is 0 Å². The minimum Gasteiger partial charge on any atom is -0.497 e. The molecule has 4 nitrogen and oxygen atoms in total. The molecule has 0 saturated heterocycles. The summed E-state index contributed by atoms with van der Waals surface area (Å²) in [4.78, 5) is 14.8. The maximum absolute atomic E-state index is 10.8. The summed E-state index contributed by atoms with van der Waals surface area (Å²) in [6.45, 7) is 0. The van der Waals surface area contributed by atoms with Crippen LogP contribution >= 0.6 is 0 Å². The molecule has 0 amide bonds. The van der Waals surface area contributed by atoms with E-state index in [0.29, 0.717) is 23.3 Å². The van der Waals surface area contributed by atoms with Crippen molar-refractivity contribution in [1.29, 1.82) is 0 Å². The van der Waals surface area contributed by atoms with E-state index in [1.807, 2.05) is 6.07 Å². The van der Waals surface area contributed by atoms with Crippen molar-refractivity contribution in [3.8, 4) is 17.4 Å². The van der Waals surface area contributed by atoms with Crippen LogP contribution in [0, 0.1) is 0 Å². The zero-order valence-electron chi connectivity index (χ0n) is 9.29. The Morgan fingerprint density at radius 3 is 2.76 bits per heavy atom. The predicted molar refractivity (Wildman–Crippen MR) is 62.7 cm³/mol. The van der Waals surface area contributed by atoms with E-state index < -0.39 is 0 Å². The van der Waals surface area contributed by atoms with Crippen molar-refractivity contribution in [2.24, 2.45) is 0 Å². The monoisotopic (exact) mass is 229 g/mol. The third kappa shape index (κ3) is 2.60. The zero-order chi connectivity index (χ0) is 12.1. The van der Waals surface area contributed by atoms with Crippen molar-refractivity contribution in [3.63, 3.8) is 0 Å². The van der Waals surface area contributed by atoms with E-state index in [1.54, 1.807) is 43.6 Å². The number of carbonyl (C=O) groups excluding carboxylic acids is 1. The van der Waals surface area contributed by atoms with Crippen molar-refractivity contribution in [3.05, 3.63) is 48.2 Å². The van der Waals surface area contributed by atoms with Gasteiger partial charge in [0.1, 0.15) is 11.5 Å². The normalized spacial score (nSPS) is 9.71. The Kier molecular flexibility index (Phi) is 3.35. The molecule has 1 aromatic heterocycles. The number of nitrogens with zero attached hydrogens (tertiary/aromatic N) is 1. The first-order chi connectivity index (χ1) is 8.33. The summed E-state index contributed by atoms with van der Waals surface area (Å²) in [6.07, 6.45) is 2.28. The predicted octanol–water partition coefficient (Wildman–Crippen LogP) is 2.70. The van der Waals surface area contributed by atoms with E-state index in [9.17, 15) is 4.79 Å². The fourth-order valence-electron chi connectivity index (χ4n) is 1.35. The summed E-state index contributed by atoms with van der Waals surface area (Å²) in [5.41, 5.74) is 0.412. The average molecular weight is 229 g/mol. The molecule has 0 atom stereocenters. The Balaban J connectivity index is 2.27. The van der Waals surface area contributed by atoms with Crippen LogP contribution in [-0.2, 0) is 0 Å². The number of ether oxygens (including phenoxy) is 2. The van der Waals surface area contributed by atoms with E-state index in [0.717, 1.165) is 0 Å². The van der Waals surface area contributed by atoms with Gasteiger partial charge in [-0.25, -0.2) is 4.98 Å². The Hall–Kier alpha value is -2.36. The van der Waals surface area contributed by atoms with Crippen LogP contribution in [0.3, 0.4) is 0 Å². The third-order valence-electron chi connectivity index (χ3n) is 2.18. The van der Waals surface area contributed by atoms with Crippen molar-refractivity contribution in [1.82, 2.24) is 4.98 Å². The van der Waals surface area contributed by atoms with Gasteiger partial charge in [-0.1, -0.05) is 6.07 Å². The van der Waals surface area contributed by atoms with Crippen LogP contribution in [0.15, 0.2) is 42.6 Å². The SMILES string of the molecule is COc1cccc(Oc2ncccc2C=O)c1. The van der Waals surface area contributed by atoms with E-state index >= 15 is 0 Å². The van der Waals surface area contributed by atoms with Gasteiger partial charge in [-0.05, 0) is 24.3 Å². The number of carbonyl (C=O) groups is 1. The van der Waals surface area contributed by atoms with Gasteiger partial charge in [-0.15, -0.1) is 0 Å². The van der Waals surface area contributed by atoms with Crippen LogP contribution in [-0.4, -0.2) is 18.4 Å². The van der Waals surface area contributed by atoms with Crippen LogP contribution in [0.25, 0.3) is 0 Å². The number of hydrogen-bond acceptors (Lipinski definition) is 4. The molecule has 0 unspecified atom stereocenters. The fraction of sp³-hybridized carbons (Fsp3) is 0.0769. The van der Waals surface area contributed by atoms with Gasteiger partial charge in [0.05, 0.1) is 12.7 Å². The molecule has 2 rings (SSSR count). The van der Waals surface area contributed by atoms with Crippen molar-refractivity contribution < 1.29 is 14.3 Å². The number of pyridine rings is 1. The van der Waals surface area contributed by atoms with Crippen molar-refractivity contribution >= 4 is 6.29 Å². The van der Waals surface area contributed by atoms with Gasteiger partial charge >= 0.3 is 0 Å². The Bertz CT molecular complexity index is 526. The summed E-state index contributed by atoms with van der Waals surface area (Å²) >= 11 is 0. The van der Waals surface area contributed by atoms with Crippen LogP contribution in [0.2, 0.25) is 0 Å². The minimum atomic E-state index is 0.288. The number of hydrogen-bond donors (Lipinski definition) is 0. The van der Waals surface area contributed by atoms with Gasteiger partial charge in [0.15, 0.2) is 6.29 Å². The van der Waals surface area contributed by atoms with Gasteiger partial charge in [-0.3, -0.25) is 4.79 Å². The van der Waals surface area contributed by atoms with Crippen LogP contribution in [0.4, 0.5) is 0 Å². The molecule has 2 aromatic rings. The van der Waals surface area contributed by atoms with Crippen molar-refractivity contribution in [2.75, 3.05) is 7.11 Å². The number of benzene rings is 1.